The fraction of sp³-hybridized carbons (Fsp3) is 0.417. The highest BCUT2D eigenvalue weighted by Crippen LogP contribution is 2.23. The molecule has 0 N–H and O–H groups in total. The number of rotatable bonds is 4. The van der Waals surface area contributed by atoms with Crippen molar-refractivity contribution in [2.75, 3.05) is 6.61 Å². The van der Waals surface area contributed by atoms with Gasteiger partial charge in [-0.2, -0.15) is 13.2 Å². The monoisotopic (exact) mass is 262 g/mol. The van der Waals surface area contributed by atoms with Crippen LogP contribution in [0.1, 0.15) is 25.5 Å². The fourth-order valence-corrected chi connectivity index (χ4v) is 1.34. The third-order valence-corrected chi connectivity index (χ3v) is 2.07. The largest absolute Gasteiger partial charge is 0.484 e. The summed E-state index contributed by atoms with van der Waals surface area (Å²) in [5.74, 6) is -0.368. The zero-order valence-corrected chi connectivity index (χ0v) is 9.95. The van der Waals surface area contributed by atoms with E-state index in [0.717, 1.165) is 0 Å². The van der Waals surface area contributed by atoms with Crippen molar-refractivity contribution in [3.05, 3.63) is 29.8 Å². The van der Waals surface area contributed by atoms with Gasteiger partial charge >= 0.3 is 12.1 Å². The molecule has 0 spiro atoms. The number of carbonyl (C=O) groups is 1. The average Bonchev–Trinajstić information content (AvgIpc) is 2.25. The minimum absolute atomic E-state index is 0.0869. The second-order valence-corrected chi connectivity index (χ2v) is 3.73. The summed E-state index contributed by atoms with van der Waals surface area (Å²) in [6, 6.07) is 6.02. The Hall–Kier alpha value is -1.72. The Balaban J connectivity index is 2.70. The van der Waals surface area contributed by atoms with Gasteiger partial charge in [-0.15, -0.1) is 0 Å². The Morgan fingerprint density at radius 1 is 1.39 bits per heavy atom. The minimum Gasteiger partial charge on any atom is -0.484 e. The highest BCUT2D eigenvalue weighted by molar-refractivity contribution is 5.66. The molecule has 0 aliphatic rings. The zero-order valence-electron chi connectivity index (χ0n) is 9.95. The van der Waals surface area contributed by atoms with Gasteiger partial charge in [-0.25, -0.2) is 0 Å². The lowest BCUT2D eigenvalue weighted by atomic mass is 10.1. The Kier molecular flexibility index (Phi) is 4.58. The van der Waals surface area contributed by atoms with E-state index < -0.39 is 24.9 Å². The predicted molar refractivity (Wildman–Crippen MR) is 58.2 cm³/mol. The van der Waals surface area contributed by atoms with Crippen LogP contribution >= 0.6 is 0 Å². The number of hydrogen-bond acceptors (Lipinski definition) is 3. The van der Waals surface area contributed by atoms with Crippen molar-refractivity contribution < 1.29 is 27.4 Å². The van der Waals surface area contributed by atoms with Crippen molar-refractivity contribution in [1.29, 1.82) is 0 Å². The van der Waals surface area contributed by atoms with E-state index in [1.54, 1.807) is 19.1 Å². The quantitative estimate of drug-likeness (QED) is 0.781. The number of hydrogen-bond donors (Lipinski definition) is 0. The molecule has 0 aliphatic heterocycles. The number of ether oxygens (including phenoxy) is 2. The number of alkyl halides is 3. The van der Waals surface area contributed by atoms with E-state index in [0.29, 0.717) is 5.56 Å². The van der Waals surface area contributed by atoms with E-state index >= 15 is 0 Å². The molecule has 3 nitrogen and oxygen atoms in total. The van der Waals surface area contributed by atoms with E-state index in [2.05, 4.69) is 4.74 Å². The Morgan fingerprint density at radius 2 is 2.06 bits per heavy atom. The molecule has 0 bridgehead atoms. The molecule has 6 heteroatoms. The average molecular weight is 262 g/mol. The van der Waals surface area contributed by atoms with Crippen molar-refractivity contribution >= 4 is 5.97 Å². The first kappa shape index (κ1) is 14.3. The SMILES string of the molecule is CC(=O)OC(C)c1cccc(OCC(F)(F)F)c1. The van der Waals surface area contributed by atoms with Crippen LogP contribution in [0.4, 0.5) is 13.2 Å². The first-order valence-corrected chi connectivity index (χ1v) is 5.24. The first-order valence-electron chi connectivity index (χ1n) is 5.24. The van der Waals surface area contributed by atoms with E-state index in [1.165, 1.54) is 19.1 Å². The fourth-order valence-electron chi connectivity index (χ4n) is 1.34. The van der Waals surface area contributed by atoms with Crippen LogP contribution in [0.5, 0.6) is 5.75 Å². The Morgan fingerprint density at radius 3 is 2.61 bits per heavy atom. The maximum absolute atomic E-state index is 12.0. The third-order valence-electron chi connectivity index (χ3n) is 2.07. The number of benzene rings is 1. The third kappa shape index (κ3) is 5.07. The zero-order chi connectivity index (χ0) is 13.8. The van der Waals surface area contributed by atoms with E-state index in [9.17, 15) is 18.0 Å². The summed E-state index contributed by atoms with van der Waals surface area (Å²) >= 11 is 0. The second kappa shape index (κ2) is 5.75. The molecule has 1 atom stereocenters. The number of carbonyl (C=O) groups excluding carboxylic acids is 1. The molecule has 1 aromatic carbocycles. The number of esters is 1. The normalized spacial score (nSPS) is 12.9. The summed E-state index contributed by atoms with van der Waals surface area (Å²) in [7, 11) is 0. The molecular weight excluding hydrogens is 249 g/mol. The smallest absolute Gasteiger partial charge is 0.422 e. The van der Waals surface area contributed by atoms with E-state index in [4.69, 9.17) is 4.74 Å². The van der Waals surface area contributed by atoms with Gasteiger partial charge in [0.15, 0.2) is 6.61 Å². The minimum atomic E-state index is -4.38. The molecule has 0 radical (unpaired) electrons. The van der Waals surface area contributed by atoms with Gasteiger partial charge in [-0.3, -0.25) is 4.79 Å². The van der Waals surface area contributed by atoms with Gasteiger partial charge in [-0.1, -0.05) is 12.1 Å². The van der Waals surface area contributed by atoms with Crippen LogP contribution in [-0.2, 0) is 9.53 Å². The summed E-state index contributed by atoms with van der Waals surface area (Å²) in [5.41, 5.74) is 0.574. The maximum atomic E-state index is 12.0. The topological polar surface area (TPSA) is 35.5 Å². The molecule has 0 aromatic heterocycles. The summed E-state index contributed by atoms with van der Waals surface area (Å²) in [6.07, 6.45) is -4.91. The molecule has 0 saturated heterocycles. The molecule has 0 saturated carbocycles. The molecule has 1 rings (SSSR count). The highest BCUT2D eigenvalue weighted by atomic mass is 19.4. The van der Waals surface area contributed by atoms with Crippen molar-refractivity contribution in [1.82, 2.24) is 0 Å². The van der Waals surface area contributed by atoms with Crippen molar-refractivity contribution in [3.8, 4) is 5.75 Å². The molecule has 0 heterocycles. The summed E-state index contributed by atoms with van der Waals surface area (Å²) in [5, 5.41) is 0. The van der Waals surface area contributed by atoms with Gasteiger partial charge in [-0.05, 0) is 24.6 Å². The van der Waals surface area contributed by atoms with E-state index in [1.807, 2.05) is 0 Å². The van der Waals surface area contributed by atoms with Crippen molar-refractivity contribution in [2.24, 2.45) is 0 Å². The van der Waals surface area contributed by atoms with Crippen LogP contribution in [0.25, 0.3) is 0 Å². The van der Waals surface area contributed by atoms with Gasteiger partial charge in [0.05, 0.1) is 0 Å². The van der Waals surface area contributed by atoms with Crippen LogP contribution < -0.4 is 4.74 Å². The lowest BCUT2D eigenvalue weighted by Crippen LogP contribution is -2.19. The highest BCUT2D eigenvalue weighted by Gasteiger charge is 2.28. The Labute approximate surface area is 103 Å². The van der Waals surface area contributed by atoms with Crippen LogP contribution in [0, 0.1) is 0 Å². The summed E-state index contributed by atoms with van der Waals surface area (Å²) < 4.78 is 45.5. The molecule has 1 aromatic rings. The van der Waals surface area contributed by atoms with E-state index in [-0.39, 0.29) is 5.75 Å². The van der Waals surface area contributed by atoms with Crippen LogP contribution in [0.3, 0.4) is 0 Å². The molecule has 0 fully saturated rings. The van der Waals surface area contributed by atoms with Gasteiger partial charge < -0.3 is 9.47 Å². The summed E-state index contributed by atoms with van der Waals surface area (Å²) in [6.45, 7) is 1.54. The van der Waals surface area contributed by atoms with Gasteiger partial charge in [0, 0.05) is 6.92 Å². The summed E-state index contributed by atoms with van der Waals surface area (Å²) in [4.78, 5) is 10.8. The molecule has 100 valence electrons. The molecule has 0 aliphatic carbocycles. The molecule has 0 amide bonds. The molecule has 18 heavy (non-hydrogen) atoms. The molecule has 1 unspecified atom stereocenters. The first-order chi connectivity index (χ1) is 8.28. The lowest BCUT2D eigenvalue weighted by Gasteiger charge is -2.14. The van der Waals surface area contributed by atoms with Crippen LogP contribution in [0.2, 0.25) is 0 Å². The van der Waals surface area contributed by atoms with Crippen molar-refractivity contribution in [2.45, 2.75) is 26.1 Å². The standard InChI is InChI=1S/C12H13F3O3/c1-8(18-9(2)16)10-4-3-5-11(6-10)17-7-12(13,14)15/h3-6,8H,7H2,1-2H3. The van der Waals surface area contributed by atoms with Gasteiger partial charge in [0.1, 0.15) is 11.9 Å². The number of halogens is 3. The lowest BCUT2D eigenvalue weighted by molar-refractivity contribution is -0.153. The second-order valence-electron chi connectivity index (χ2n) is 3.73. The van der Waals surface area contributed by atoms with Crippen molar-refractivity contribution in [3.63, 3.8) is 0 Å². The maximum Gasteiger partial charge on any atom is 0.422 e. The Bertz CT molecular complexity index is 415. The van der Waals surface area contributed by atoms with Gasteiger partial charge in [0.2, 0.25) is 0 Å². The molecular formula is C12H13F3O3. The van der Waals surface area contributed by atoms with Crippen LogP contribution in [0.15, 0.2) is 24.3 Å². The van der Waals surface area contributed by atoms with Gasteiger partial charge in [0.25, 0.3) is 0 Å². The predicted octanol–water partition coefficient (Wildman–Crippen LogP) is 3.25. The van der Waals surface area contributed by atoms with Crippen LogP contribution in [-0.4, -0.2) is 18.8 Å².